The molecule has 0 saturated carbocycles. The van der Waals surface area contributed by atoms with Crippen molar-refractivity contribution in [1.29, 1.82) is 0 Å². The van der Waals surface area contributed by atoms with Gasteiger partial charge in [0.05, 0.1) is 0 Å². The van der Waals surface area contributed by atoms with E-state index in [0.717, 1.165) is 12.0 Å². The molecule has 0 aliphatic carbocycles. The van der Waals surface area contributed by atoms with E-state index in [9.17, 15) is 4.79 Å². The lowest BCUT2D eigenvalue weighted by Gasteiger charge is -2.16. The van der Waals surface area contributed by atoms with Gasteiger partial charge in [0.25, 0.3) is 5.91 Å². The summed E-state index contributed by atoms with van der Waals surface area (Å²) in [5.74, 6) is 0.462. The van der Waals surface area contributed by atoms with Crippen molar-refractivity contribution in [3.63, 3.8) is 0 Å². The van der Waals surface area contributed by atoms with E-state index in [4.69, 9.17) is 21.4 Å². The molecule has 0 bridgehead atoms. The fourth-order valence-electron chi connectivity index (χ4n) is 1.72. The van der Waals surface area contributed by atoms with Gasteiger partial charge in [0.1, 0.15) is 5.75 Å². The molecule has 0 aliphatic rings. The predicted octanol–water partition coefficient (Wildman–Crippen LogP) is 2.30. The predicted molar refractivity (Wildman–Crippen MR) is 75.6 cm³/mol. The highest BCUT2D eigenvalue weighted by molar-refractivity contribution is 6.30. The van der Waals surface area contributed by atoms with Crippen LogP contribution in [0.1, 0.15) is 25.3 Å². The third-order valence-corrected chi connectivity index (χ3v) is 3.07. The number of ether oxygens (including phenoxy) is 1. The molecule has 0 aliphatic heterocycles. The molecule has 0 spiro atoms. The molecule has 0 saturated heterocycles. The SMILES string of the molecule is CCC(CCO)NC(=O)COc1ccc(Cl)cc1C. The number of nitrogens with one attached hydrogen (secondary N) is 1. The quantitative estimate of drug-likeness (QED) is 0.808. The van der Waals surface area contributed by atoms with Crippen LogP contribution in [0.15, 0.2) is 18.2 Å². The highest BCUT2D eigenvalue weighted by atomic mass is 35.5. The smallest absolute Gasteiger partial charge is 0.258 e. The van der Waals surface area contributed by atoms with Crippen molar-refractivity contribution in [2.75, 3.05) is 13.2 Å². The molecule has 2 N–H and O–H groups in total. The second-order valence-electron chi connectivity index (χ2n) is 4.38. The molecule has 1 rings (SSSR count). The van der Waals surface area contributed by atoms with E-state index in [2.05, 4.69) is 5.32 Å². The van der Waals surface area contributed by atoms with Crippen LogP contribution < -0.4 is 10.1 Å². The molecule has 4 nitrogen and oxygen atoms in total. The normalized spacial score (nSPS) is 12.0. The van der Waals surface area contributed by atoms with Crippen LogP contribution in [0, 0.1) is 6.92 Å². The zero-order valence-electron chi connectivity index (χ0n) is 11.3. The number of benzene rings is 1. The van der Waals surface area contributed by atoms with Gasteiger partial charge in [0.15, 0.2) is 6.61 Å². The van der Waals surface area contributed by atoms with E-state index < -0.39 is 0 Å². The van der Waals surface area contributed by atoms with E-state index in [-0.39, 0.29) is 25.2 Å². The molecule has 1 unspecified atom stereocenters. The highest BCUT2D eigenvalue weighted by Crippen LogP contribution is 2.21. The fourth-order valence-corrected chi connectivity index (χ4v) is 1.95. The minimum absolute atomic E-state index is 0.00702. The molecule has 19 heavy (non-hydrogen) atoms. The Kier molecular flexibility index (Phi) is 6.67. The number of aliphatic hydroxyl groups excluding tert-OH is 1. The summed E-state index contributed by atoms with van der Waals surface area (Å²) in [5.41, 5.74) is 0.891. The van der Waals surface area contributed by atoms with E-state index in [0.29, 0.717) is 17.2 Å². The van der Waals surface area contributed by atoms with Gasteiger partial charge in [-0.3, -0.25) is 4.79 Å². The summed E-state index contributed by atoms with van der Waals surface area (Å²) in [7, 11) is 0. The van der Waals surface area contributed by atoms with Crippen molar-refractivity contribution < 1.29 is 14.6 Å². The summed E-state index contributed by atoms with van der Waals surface area (Å²) in [6.07, 6.45) is 1.34. The van der Waals surface area contributed by atoms with Gasteiger partial charge < -0.3 is 15.2 Å². The van der Waals surface area contributed by atoms with Gasteiger partial charge in [0, 0.05) is 17.7 Å². The van der Waals surface area contributed by atoms with Crippen LogP contribution in [-0.2, 0) is 4.79 Å². The summed E-state index contributed by atoms with van der Waals surface area (Å²) in [5, 5.41) is 12.3. The van der Waals surface area contributed by atoms with Crippen molar-refractivity contribution in [2.45, 2.75) is 32.7 Å². The van der Waals surface area contributed by atoms with Gasteiger partial charge in [-0.15, -0.1) is 0 Å². The summed E-state index contributed by atoms with van der Waals surface area (Å²) < 4.78 is 5.44. The summed E-state index contributed by atoms with van der Waals surface area (Å²) in [6.45, 7) is 3.87. The lowest BCUT2D eigenvalue weighted by atomic mass is 10.1. The molecule has 1 aromatic carbocycles. The maximum Gasteiger partial charge on any atom is 0.258 e. The monoisotopic (exact) mass is 285 g/mol. The third-order valence-electron chi connectivity index (χ3n) is 2.83. The summed E-state index contributed by atoms with van der Waals surface area (Å²) >= 11 is 5.84. The van der Waals surface area contributed by atoms with Gasteiger partial charge in [0.2, 0.25) is 0 Å². The van der Waals surface area contributed by atoms with Gasteiger partial charge in [-0.25, -0.2) is 0 Å². The molecule has 0 radical (unpaired) electrons. The van der Waals surface area contributed by atoms with Crippen molar-refractivity contribution in [3.05, 3.63) is 28.8 Å². The van der Waals surface area contributed by atoms with E-state index in [1.165, 1.54) is 0 Å². The Morgan fingerprint density at radius 2 is 2.26 bits per heavy atom. The van der Waals surface area contributed by atoms with Crippen molar-refractivity contribution in [3.8, 4) is 5.75 Å². The zero-order valence-corrected chi connectivity index (χ0v) is 12.0. The first-order valence-corrected chi connectivity index (χ1v) is 6.73. The Morgan fingerprint density at radius 3 is 2.84 bits per heavy atom. The molecule has 106 valence electrons. The highest BCUT2D eigenvalue weighted by Gasteiger charge is 2.10. The summed E-state index contributed by atoms with van der Waals surface area (Å²) in [4.78, 5) is 11.7. The van der Waals surface area contributed by atoms with E-state index in [1.54, 1.807) is 18.2 Å². The Morgan fingerprint density at radius 1 is 1.53 bits per heavy atom. The molecular weight excluding hydrogens is 266 g/mol. The Bertz CT molecular complexity index is 423. The molecule has 0 fully saturated rings. The molecule has 1 atom stereocenters. The lowest BCUT2D eigenvalue weighted by Crippen LogP contribution is -2.38. The minimum atomic E-state index is -0.186. The largest absolute Gasteiger partial charge is 0.484 e. The number of hydrogen-bond acceptors (Lipinski definition) is 3. The van der Waals surface area contributed by atoms with Crippen LogP contribution in [0.3, 0.4) is 0 Å². The van der Waals surface area contributed by atoms with E-state index >= 15 is 0 Å². The molecule has 0 heterocycles. The zero-order chi connectivity index (χ0) is 14.3. The molecule has 1 amide bonds. The summed E-state index contributed by atoms with van der Waals surface area (Å²) in [6, 6.07) is 5.25. The third kappa shape index (κ3) is 5.49. The van der Waals surface area contributed by atoms with Gasteiger partial charge >= 0.3 is 0 Å². The van der Waals surface area contributed by atoms with Crippen LogP contribution in [0.25, 0.3) is 0 Å². The van der Waals surface area contributed by atoms with Crippen LogP contribution in [0.2, 0.25) is 5.02 Å². The van der Waals surface area contributed by atoms with Gasteiger partial charge in [-0.2, -0.15) is 0 Å². The topological polar surface area (TPSA) is 58.6 Å². The minimum Gasteiger partial charge on any atom is -0.484 e. The standard InChI is InChI=1S/C14H20ClNO3/c1-3-12(6-7-17)16-14(18)9-19-13-5-4-11(15)8-10(13)2/h4-5,8,12,17H,3,6-7,9H2,1-2H3,(H,16,18). The lowest BCUT2D eigenvalue weighted by molar-refractivity contribution is -0.123. The Labute approximate surface area is 118 Å². The number of aryl methyl sites for hydroxylation is 1. The Hall–Kier alpha value is -1.26. The number of halogens is 1. The molecule has 5 heteroatoms. The first-order chi connectivity index (χ1) is 9.06. The Balaban J connectivity index is 2.45. The van der Waals surface area contributed by atoms with Crippen LogP contribution >= 0.6 is 11.6 Å². The van der Waals surface area contributed by atoms with Crippen molar-refractivity contribution in [2.24, 2.45) is 0 Å². The van der Waals surface area contributed by atoms with Gasteiger partial charge in [-0.05, 0) is 43.5 Å². The van der Waals surface area contributed by atoms with Crippen molar-refractivity contribution in [1.82, 2.24) is 5.32 Å². The van der Waals surface area contributed by atoms with Crippen LogP contribution in [-0.4, -0.2) is 30.3 Å². The maximum atomic E-state index is 11.7. The molecule has 1 aromatic rings. The average molecular weight is 286 g/mol. The number of hydrogen-bond donors (Lipinski definition) is 2. The van der Waals surface area contributed by atoms with Crippen molar-refractivity contribution >= 4 is 17.5 Å². The van der Waals surface area contributed by atoms with Crippen LogP contribution in [0.5, 0.6) is 5.75 Å². The molecular formula is C14H20ClNO3. The average Bonchev–Trinajstić information content (AvgIpc) is 2.37. The number of carbonyl (C=O) groups excluding carboxylic acids is 1. The first-order valence-electron chi connectivity index (χ1n) is 6.36. The van der Waals surface area contributed by atoms with E-state index in [1.807, 2.05) is 13.8 Å². The second kappa shape index (κ2) is 8.02. The fraction of sp³-hybridized carbons (Fsp3) is 0.500. The number of carbonyl (C=O) groups is 1. The number of rotatable bonds is 7. The molecule has 0 aromatic heterocycles. The number of amides is 1. The number of aliphatic hydroxyl groups is 1. The van der Waals surface area contributed by atoms with Crippen LogP contribution in [0.4, 0.5) is 0 Å². The first kappa shape index (κ1) is 15.8. The maximum absolute atomic E-state index is 11.7. The second-order valence-corrected chi connectivity index (χ2v) is 4.82. The van der Waals surface area contributed by atoms with Gasteiger partial charge in [-0.1, -0.05) is 18.5 Å².